The number of aryl methyl sites for hydroxylation is 1. The van der Waals surface area contributed by atoms with E-state index in [1.165, 1.54) is 62.1 Å². The molecule has 0 bridgehead atoms. The number of ether oxygens (including phenoxy) is 1. The summed E-state index contributed by atoms with van der Waals surface area (Å²) in [7, 11) is -3.73. The van der Waals surface area contributed by atoms with E-state index in [9.17, 15) is 21.6 Å². The largest absolute Gasteiger partial charge is 0.492 e. The Morgan fingerprint density at radius 1 is 1.10 bits per heavy atom. The van der Waals surface area contributed by atoms with Crippen LogP contribution in [-0.4, -0.2) is 46.4 Å². The highest BCUT2D eigenvalue weighted by molar-refractivity contribution is 7.92. The van der Waals surface area contributed by atoms with Gasteiger partial charge in [0, 0.05) is 27.2 Å². The van der Waals surface area contributed by atoms with E-state index in [1.807, 2.05) is 0 Å². The average Bonchev–Trinajstić information content (AvgIpc) is 2.96. The van der Waals surface area contributed by atoms with E-state index in [1.54, 1.807) is 6.92 Å². The van der Waals surface area contributed by atoms with Gasteiger partial charge in [0.1, 0.15) is 10.6 Å². The van der Waals surface area contributed by atoms with Gasteiger partial charge in [-0.15, -0.1) is 0 Å². The van der Waals surface area contributed by atoms with Crippen molar-refractivity contribution < 1.29 is 26.0 Å². The fourth-order valence-corrected chi connectivity index (χ4v) is 4.85. The predicted molar refractivity (Wildman–Crippen MR) is 111 cm³/mol. The Bertz CT molecular complexity index is 1370. The molecule has 0 aliphatic rings. The van der Waals surface area contributed by atoms with Gasteiger partial charge in [-0.25, -0.2) is 25.9 Å². The van der Waals surface area contributed by atoms with Crippen LogP contribution in [0.3, 0.4) is 0 Å². The van der Waals surface area contributed by atoms with Crippen LogP contribution in [0.4, 0.5) is 5.69 Å². The summed E-state index contributed by atoms with van der Waals surface area (Å²) >= 11 is 0. The van der Waals surface area contributed by atoms with Crippen molar-refractivity contribution in [2.24, 2.45) is 7.05 Å². The van der Waals surface area contributed by atoms with Crippen LogP contribution in [0.2, 0.25) is 0 Å². The highest BCUT2D eigenvalue weighted by Gasteiger charge is 2.24. The minimum absolute atomic E-state index is 0.0356. The molecule has 162 valence electrons. The molecule has 0 amide bonds. The van der Waals surface area contributed by atoms with Gasteiger partial charge >= 0.3 is 5.76 Å². The third kappa shape index (κ3) is 3.93. The van der Waals surface area contributed by atoms with Crippen molar-refractivity contribution in [1.82, 2.24) is 8.87 Å². The van der Waals surface area contributed by atoms with Crippen molar-refractivity contribution in [2.75, 3.05) is 25.4 Å². The molecule has 3 aromatic rings. The second-order valence-electron chi connectivity index (χ2n) is 6.54. The molecule has 0 aliphatic carbocycles. The standard InChI is InChI=1S/C18H21N3O7S2/c1-5-27-15-9-6-12(10-17(15)30(25,26)20(2)3)19-29(23,24)13-7-8-14-16(11-13)28-18(22)21(14)4/h6-11,19H,5H2,1-4H3. The summed E-state index contributed by atoms with van der Waals surface area (Å²) in [6.45, 7) is 1.95. The third-order valence-corrected chi connectivity index (χ3v) is 7.54. The number of aromatic nitrogens is 1. The predicted octanol–water partition coefficient (Wildman–Crippen LogP) is 1.58. The van der Waals surface area contributed by atoms with Crippen molar-refractivity contribution in [3.8, 4) is 5.75 Å². The maximum atomic E-state index is 12.8. The number of hydrogen-bond acceptors (Lipinski definition) is 7. The first kappa shape index (κ1) is 21.9. The number of anilines is 1. The van der Waals surface area contributed by atoms with Gasteiger partial charge in [0.15, 0.2) is 5.58 Å². The zero-order chi connectivity index (χ0) is 22.3. The second-order valence-corrected chi connectivity index (χ2v) is 10.3. The highest BCUT2D eigenvalue weighted by atomic mass is 32.2. The van der Waals surface area contributed by atoms with Crippen molar-refractivity contribution >= 4 is 36.8 Å². The summed E-state index contributed by atoms with van der Waals surface area (Å²) in [5.41, 5.74) is 0.598. The van der Waals surface area contributed by atoms with E-state index < -0.39 is 25.8 Å². The Morgan fingerprint density at radius 3 is 2.43 bits per heavy atom. The lowest BCUT2D eigenvalue weighted by Crippen LogP contribution is -2.23. The molecule has 30 heavy (non-hydrogen) atoms. The number of rotatable bonds is 7. The monoisotopic (exact) mass is 455 g/mol. The number of fused-ring (bicyclic) bond motifs is 1. The smallest absolute Gasteiger partial charge is 0.419 e. The number of hydrogen-bond donors (Lipinski definition) is 1. The summed E-state index contributed by atoms with van der Waals surface area (Å²) in [6, 6.07) is 7.99. The number of nitrogens with zero attached hydrogens (tertiary/aromatic N) is 2. The summed E-state index contributed by atoms with van der Waals surface area (Å²) in [4.78, 5) is 11.3. The zero-order valence-corrected chi connectivity index (χ0v) is 18.4. The van der Waals surface area contributed by atoms with E-state index in [0.29, 0.717) is 5.52 Å². The van der Waals surface area contributed by atoms with Crippen LogP contribution in [0.25, 0.3) is 11.1 Å². The Morgan fingerprint density at radius 2 is 1.80 bits per heavy atom. The lowest BCUT2D eigenvalue weighted by atomic mass is 10.3. The third-order valence-electron chi connectivity index (χ3n) is 4.33. The van der Waals surface area contributed by atoms with Crippen molar-refractivity contribution in [1.29, 1.82) is 0 Å². The molecule has 0 atom stereocenters. The maximum absolute atomic E-state index is 12.8. The molecule has 0 unspecified atom stereocenters. The molecule has 0 saturated carbocycles. The number of nitrogens with one attached hydrogen (secondary N) is 1. The molecule has 10 nitrogen and oxygen atoms in total. The van der Waals surface area contributed by atoms with Gasteiger partial charge in [0.2, 0.25) is 10.0 Å². The Labute approximate surface area is 173 Å². The summed E-state index contributed by atoms with van der Waals surface area (Å²) in [5, 5.41) is 0. The van der Waals surface area contributed by atoms with Gasteiger partial charge < -0.3 is 9.15 Å². The molecule has 1 N–H and O–H groups in total. The molecule has 0 spiro atoms. The van der Waals surface area contributed by atoms with Crippen LogP contribution in [0.15, 0.2) is 55.4 Å². The first-order valence-corrected chi connectivity index (χ1v) is 11.7. The van der Waals surface area contributed by atoms with Crippen LogP contribution in [0.5, 0.6) is 5.75 Å². The SMILES string of the molecule is CCOc1ccc(NS(=O)(=O)c2ccc3c(c2)oc(=O)n3C)cc1S(=O)(=O)N(C)C. The minimum atomic E-state index is -4.09. The summed E-state index contributed by atoms with van der Waals surface area (Å²) in [5.74, 6) is -0.501. The van der Waals surface area contributed by atoms with E-state index >= 15 is 0 Å². The van der Waals surface area contributed by atoms with Gasteiger partial charge in [0.25, 0.3) is 10.0 Å². The van der Waals surface area contributed by atoms with Gasteiger partial charge in [0.05, 0.1) is 22.7 Å². The molecule has 0 saturated heterocycles. The molecule has 0 radical (unpaired) electrons. The maximum Gasteiger partial charge on any atom is 0.419 e. The molecule has 2 aromatic carbocycles. The van der Waals surface area contributed by atoms with Gasteiger partial charge in [-0.1, -0.05) is 0 Å². The highest BCUT2D eigenvalue weighted by Crippen LogP contribution is 2.30. The topological polar surface area (TPSA) is 128 Å². The lowest BCUT2D eigenvalue weighted by molar-refractivity contribution is 0.330. The van der Waals surface area contributed by atoms with Crippen LogP contribution >= 0.6 is 0 Å². The molecular weight excluding hydrogens is 434 g/mol. The number of sulfonamides is 2. The minimum Gasteiger partial charge on any atom is -0.492 e. The Kier molecular flexibility index (Phi) is 5.67. The summed E-state index contributed by atoms with van der Waals surface area (Å²) < 4.78 is 65.9. The first-order chi connectivity index (χ1) is 14.0. The van der Waals surface area contributed by atoms with Crippen molar-refractivity contribution in [2.45, 2.75) is 16.7 Å². The molecule has 12 heteroatoms. The second kappa shape index (κ2) is 7.78. The Balaban J connectivity index is 2.03. The van der Waals surface area contributed by atoms with Crippen LogP contribution in [0.1, 0.15) is 6.92 Å². The van der Waals surface area contributed by atoms with Crippen molar-refractivity contribution in [3.05, 3.63) is 46.9 Å². The average molecular weight is 456 g/mol. The quantitative estimate of drug-likeness (QED) is 0.573. The molecule has 1 aromatic heterocycles. The Hall–Kier alpha value is -2.83. The van der Waals surface area contributed by atoms with E-state index in [4.69, 9.17) is 9.15 Å². The van der Waals surface area contributed by atoms with E-state index in [2.05, 4.69) is 4.72 Å². The first-order valence-electron chi connectivity index (χ1n) is 8.79. The number of benzene rings is 2. The fraction of sp³-hybridized carbons (Fsp3) is 0.278. The van der Waals surface area contributed by atoms with Gasteiger partial charge in [-0.05, 0) is 37.3 Å². The normalized spacial score (nSPS) is 12.4. The molecule has 0 fully saturated rings. The van der Waals surface area contributed by atoms with Gasteiger partial charge in [-0.3, -0.25) is 9.29 Å². The van der Waals surface area contributed by atoms with Crippen LogP contribution in [-0.2, 0) is 27.1 Å². The van der Waals surface area contributed by atoms with E-state index in [-0.39, 0.29) is 33.4 Å². The summed E-state index contributed by atoms with van der Waals surface area (Å²) in [6.07, 6.45) is 0. The van der Waals surface area contributed by atoms with Crippen LogP contribution < -0.4 is 15.2 Å². The molecule has 3 rings (SSSR count). The van der Waals surface area contributed by atoms with Crippen LogP contribution in [0, 0.1) is 0 Å². The zero-order valence-electron chi connectivity index (χ0n) is 16.7. The van der Waals surface area contributed by atoms with E-state index in [0.717, 1.165) is 4.31 Å². The molecule has 0 aliphatic heterocycles. The molecule has 1 heterocycles. The fourth-order valence-electron chi connectivity index (χ4n) is 2.74. The number of oxazole rings is 1. The van der Waals surface area contributed by atoms with Crippen molar-refractivity contribution in [3.63, 3.8) is 0 Å². The van der Waals surface area contributed by atoms with Gasteiger partial charge in [-0.2, -0.15) is 0 Å². The molecular formula is C18H21N3O7S2. The lowest BCUT2D eigenvalue weighted by Gasteiger charge is -2.17.